The molecule has 0 aliphatic rings. The van der Waals surface area contributed by atoms with Gasteiger partial charge < -0.3 is 10.1 Å². The summed E-state index contributed by atoms with van der Waals surface area (Å²) in [7, 11) is 2.94. The standard InChI is InChI=1S/C21H24N4O4/c1-12(2)15-10-22-19-17(20(27)25(5)21(28)24(19)4)18(15)23-16(26)11-29-14-8-6-7-13(3)9-14/h6-10,12H,11H2,1-5H3,(H,22,23,26). The minimum absolute atomic E-state index is 0.00170. The lowest BCUT2D eigenvalue weighted by Gasteiger charge is -2.17. The molecule has 2 aromatic heterocycles. The van der Waals surface area contributed by atoms with Crippen LogP contribution in [-0.4, -0.2) is 26.6 Å². The molecule has 152 valence electrons. The molecule has 1 amide bonds. The molecule has 29 heavy (non-hydrogen) atoms. The van der Waals surface area contributed by atoms with Gasteiger partial charge in [-0.25, -0.2) is 9.78 Å². The summed E-state index contributed by atoms with van der Waals surface area (Å²) in [5.74, 6) is 0.181. The Morgan fingerprint density at radius 1 is 1.21 bits per heavy atom. The van der Waals surface area contributed by atoms with Gasteiger partial charge in [-0.05, 0) is 36.1 Å². The van der Waals surface area contributed by atoms with Crippen LogP contribution in [0, 0.1) is 6.92 Å². The van der Waals surface area contributed by atoms with E-state index in [9.17, 15) is 14.4 Å². The Hall–Kier alpha value is -3.42. The van der Waals surface area contributed by atoms with Crippen LogP contribution in [0.3, 0.4) is 0 Å². The van der Waals surface area contributed by atoms with Crippen LogP contribution in [0.1, 0.15) is 30.9 Å². The number of aromatic nitrogens is 3. The molecule has 0 atom stereocenters. The van der Waals surface area contributed by atoms with Gasteiger partial charge in [-0.3, -0.25) is 18.7 Å². The van der Waals surface area contributed by atoms with Crippen molar-refractivity contribution in [1.82, 2.24) is 14.1 Å². The average Bonchev–Trinajstić information content (AvgIpc) is 2.68. The second kappa shape index (κ2) is 7.90. The zero-order valence-corrected chi connectivity index (χ0v) is 17.1. The van der Waals surface area contributed by atoms with Crippen LogP contribution in [-0.2, 0) is 18.9 Å². The van der Waals surface area contributed by atoms with Crippen LogP contribution in [0.2, 0.25) is 0 Å². The van der Waals surface area contributed by atoms with E-state index in [1.165, 1.54) is 11.6 Å². The quantitative estimate of drug-likeness (QED) is 0.712. The molecule has 0 fully saturated rings. The highest BCUT2D eigenvalue weighted by molar-refractivity contribution is 6.01. The lowest BCUT2D eigenvalue weighted by molar-refractivity contribution is -0.118. The van der Waals surface area contributed by atoms with Gasteiger partial charge in [0.05, 0.1) is 5.69 Å². The first-order valence-electron chi connectivity index (χ1n) is 9.28. The number of benzene rings is 1. The largest absolute Gasteiger partial charge is 0.484 e. The summed E-state index contributed by atoms with van der Waals surface area (Å²) in [6.45, 7) is 5.60. The number of anilines is 1. The fourth-order valence-electron chi connectivity index (χ4n) is 3.14. The van der Waals surface area contributed by atoms with E-state index in [0.717, 1.165) is 10.1 Å². The number of carbonyl (C=O) groups is 1. The minimum Gasteiger partial charge on any atom is -0.484 e. The minimum atomic E-state index is -0.506. The Kier molecular flexibility index (Phi) is 5.54. The third-order valence-corrected chi connectivity index (χ3v) is 4.74. The lowest BCUT2D eigenvalue weighted by atomic mass is 10.0. The van der Waals surface area contributed by atoms with Crippen LogP contribution in [0.4, 0.5) is 5.69 Å². The predicted octanol–water partition coefficient (Wildman–Crippen LogP) is 2.08. The Morgan fingerprint density at radius 2 is 1.93 bits per heavy atom. The predicted molar refractivity (Wildman–Crippen MR) is 112 cm³/mol. The van der Waals surface area contributed by atoms with Gasteiger partial charge in [-0.15, -0.1) is 0 Å². The van der Waals surface area contributed by atoms with Gasteiger partial charge in [-0.2, -0.15) is 0 Å². The summed E-state index contributed by atoms with van der Waals surface area (Å²) in [6.07, 6.45) is 1.59. The van der Waals surface area contributed by atoms with Gasteiger partial charge in [-0.1, -0.05) is 26.0 Å². The first-order chi connectivity index (χ1) is 13.7. The molecular weight excluding hydrogens is 372 g/mol. The molecule has 1 N–H and O–H groups in total. The van der Waals surface area contributed by atoms with E-state index in [2.05, 4.69) is 10.3 Å². The van der Waals surface area contributed by atoms with E-state index in [1.54, 1.807) is 19.3 Å². The molecule has 8 nitrogen and oxygen atoms in total. The zero-order valence-electron chi connectivity index (χ0n) is 17.1. The van der Waals surface area contributed by atoms with E-state index in [-0.39, 0.29) is 23.6 Å². The van der Waals surface area contributed by atoms with Gasteiger partial charge in [0.2, 0.25) is 0 Å². The number of carbonyl (C=O) groups excluding carboxylic acids is 1. The van der Waals surface area contributed by atoms with Gasteiger partial charge in [0.25, 0.3) is 11.5 Å². The first kappa shape index (κ1) is 20.3. The topological polar surface area (TPSA) is 95.2 Å². The number of amides is 1. The molecule has 0 saturated heterocycles. The summed E-state index contributed by atoms with van der Waals surface area (Å²) >= 11 is 0. The van der Waals surface area contributed by atoms with Gasteiger partial charge >= 0.3 is 5.69 Å². The number of rotatable bonds is 5. The van der Waals surface area contributed by atoms with Gasteiger partial charge in [0, 0.05) is 20.3 Å². The van der Waals surface area contributed by atoms with Gasteiger partial charge in [0.15, 0.2) is 12.3 Å². The summed E-state index contributed by atoms with van der Waals surface area (Å²) in [5, 5.41) is 3.00. The molecule has 1 aromatic carbocycles. The van der Waals surface area contributed by atoms with E-state index >= 15 is 0 Å². The molecule has 0 radical (unpaired) electrons. The second-order valence-electron chi connectivity index (χ2n) is 7.30. The Labute approximate surface area is 167 Å². The fourth-order valence-corrected chi connectivity index (χ4v) is 3.14. The van der Waals surface area contributed by atoms with Crippen molar-refractivity contribution >= 4 is 22.6 Å². The Morgan fingerprint density at radius 3 is 2.59 bits per heavy atom. The van der Waals surface area contributed by atoms with E-state index in [4.69, 9.17) is 4.74 Å². The number of ether oxygens (including phenoxy) is 1. The number of fused-ring (bicyclic) bond motifs is 1. The molecule has 3 rings (SSSR count). The zero-order chi connectivity index (χ0) is 21.3. The van der Waals surface area contributed by atoms with Crippen LogP contribution in [0.25, 0.3) is 11.0 Å². The molecule has 0 unspecified atom stereocenters. The highest BCUT2D eigenvalue weighted by Crippen LogP contribution is 2.28. The maximum Gasteiger partial charge on any atom is 0.332 e. The van der Waals surface area contributed by atoms with Gasteiger partial charge in [0.1, 0.15) is 11.1 Å². The highest BCUT2D eigenvalue weighted by atomic mass is 16.5. The van der Waals surface area contributed by atoms with Crippen molar-refractivity contribution in [2.24, 2.45) is 14.1 Å². The van der Waals surface area contributed by atoms with Crippen LogP contribution < -0.4 is 21.3 Å². The molecule has 0 aliphatic carbocycles. The van der Waals surface area contributed by atoms with Crippen molar-refractivity contribution < 1.29 is 9.53 Å². The smallest absolute Gasteiger partial charge is 0.332 e. The molecular formula is C21H24N4O4. The van der Waals surface area contributed by atoms with E-state index < -0.39 is 17.2 Å². The van der Waals surface area contributed by atoms with Crippen LogP contribution in [0.5, 0.6) is 5.75 Å². The van der Waals surface area contributed by atoms with E-state index in [0.29, 0.717) is 17.0 Å². The SMILES string of the molecule is Cc1cccc(OCC(=O)Nc2c(C(C)C)cnc3c2c(=O)n(C)c(=O)n3C)c1. The molecule has 2 heterocycles. The fraction of sp³-hybridized carbons (Fsp3) is 0.333. The summed E-state index contributed by atoms with van der Waals surface area (Å²) in [6, 6.07) is 7.39. The summed E-state index contributed by atoms with van der Waals surface area (Å²) in [4.78, 5) is 41.9. The second-order valence-corrected chi connectivity index (χ2v) is 7.30. The number of aryl methyl sites for hydroxylation is 2. The molecule has 8 heteroatoms. The first-order valence-corrected chi connectivity index (χ1v) is 9.28. The van der Waals surface area contributed by atoms with Crippen molar-refractivity contribution in [3.63, 3.8) is 0 Å². The highest BCUT2D eigenvalue weighted by Gasteiger charge is 2.20. The molecule has 0 spiro atoms. The van der Waals surface area contributed by atoms with Crippen molar-refractivity contribution in [1.29, 1.82) is 0 Å². The lowest BCUT2D eigenvalue weighted by Crippen LogP contribution is -2.38. The maximum absolute atomic E-state index is 12.8. The monoisotopic (exact) mass is 396 g/mol. The van der Waals surface area contributed by atoms with Crippen molar-refractivity contribution in [3.05, 3.63) is 62.4 Å². The van der Waals surface area contributed by atoms with E-state index in [1.807, 2.05) is 39.0 Å². The number of nitrogens with zero attached hydrogens (tertiary/aromatic N) is 3. The average molecular weight is 396 g/mol. The molecule has 0 bridgehead atoms. The maximum atomic E-state index is 12.8. The normalized spacial score (nSPS) is 11.1. The molecule has 0 aliphatic heterocycles. The van der Waals surface area contributed by atoms with Crippen molar-refractivity contribution in [3.8, 4) is 5.75 Å². The number of pyridine rings is 1. The Balaban J connectivity index is 2.02. The number of nitrogens with one attached hydrogen (secondary N) is 1. The molecule has 3 aromatic rings. The van der Waals surface area contributed by atoms with Crippen LogP contribution in [0.15, 0.2) is 40.1 Å². The van der Waals surface area contributed by atoms with Crippen molar-refractivity contribution in [2.75, 3.05) is 11.9 Å². The summed E-state index contributed by atoms with van der Waals surface area (Å²) < 4.78 is 7.86. The van der Waals surface area contributed by atoms with Crippen molar-refractivity contribution in [2.45, 2.75) is 26.7 Å². The third kappa shape index (κ3) is 3.91. The summed E-state index contributed by atoms with van der Waals surface area (Å²) in [5.41, 5.74) is 1.32. The number of hydrogen-bond donors (Lipinski definition) is 1. The molecule has 0 saturated carbocycles. The number of hydrogen-bond acceptors (Lipinski definition) is 5. The van der Waals surface area contributed by atoms with Crippen LogP contribution >= 0.6 is 0 Å². The third-order valence-electron chi connectivity index (χ3n) is 4.74. The Bertz CT molecular complexity index is 1210.